The van der Waals surface area contributed by atoms with Crippen molar-refractivity contribution in [3.8, 4) is 0 Å². The van der Waals surface area contributed by atoms with E-state index in [0.717, 1.165) is 50.6 Å². The first-order valence-electron chi connectivity index (χ1n) is 11.2. The smallest absolute Gasteiger partial charge is 0.138 e. The third-order valence-electron chi connectivity index (χ3n) is 6.69. The predicted octanol–water partition coefficient (Wildman–Crippen LogP) is 3.52. The Balaban J connectivity index is 1.41. The molecule has 2 aliphatic heterocycles. The minimum Gasteiger partial charge on any atom is -0.355 e. The molecule has 0 radical (unpaired) electrons. The lowest BCUT2D eigenvalue weighted by Gasteiger charge is -2.35. The summed E-state index contributed by atoms with van der Waals surface area (Å²) in [5.41, 5.74) is 4.72. The van der Waals surface area contributed by atoms with E-state index < -0.39 is 0 Å². The quantitative estimate of drug-likeness (QED) is 0.665. The van der Waals surface area contributed by atoms with Crippen molar-refractivity contribution >= 4 is 11.5 Å². The van der Waals surface area contributed by atoms with Crippen molar-refractivity contribution in [3.63, 3.8) is 0 Å². The molecular weight excluding hydrogens is 372 g/mol. The average molecular weight is 405 g/mol. The van der Waals surface area contributed by atoms with Gasteiger partial charge in [-0.05, 0) is 57.1 Å². The Kier molecular flexibility index (Phi) is 5.44. The highest BCUT2D eigenvalue weighted by molar-refractivity contribution is 5.53. The van der Waals surface area contributed by atoms with E-state index in [9.17, 15) is 0 Å². The van der Waals surface area contributed by atoms with Gasteiger partial charge in [-0.25, -0.2) is 4.98 Å². The second kappa shape index (κ2) is 8.36. The average Bonchev–Trinajstić information content (AvgIpc) is 3.18. The van der Waals surface area contributed by atoms with Crippen LogP contribution in [0, 0.1) is 6.92 Å². The van der Waals surface area contributed by atoms with Crippen LogP contribution in [-0.4, -0.2) is 63.9 Å². The number of likely N-dealkylation sites (tertiary alicyclic amines) is 1. The molecule has 0 N–H and O–H groups in total. The molecule has 2 aliphatic rings. The van der Waals surface area contributed by atoms with E-state index in [1.54, 1.807) is 0 Å². The molecule has 0 aromatic carbocycles. The summed E-state index contributed by atoms with van der Waals surface area (Å²) < 4.78 is 2.28. The van der Waals surface area contributed by atoms with Gasteiger partial charge >= 0.3 is 0 Å². The maximum Gasteiger partial charge on any atom is 0.138 e. The number of aryl methyl sites for hydroxylation is 1. The van der Waals surface area contributed by atoms with E-state index in [1.807, 2.05) is 12.3 Å². The fourth-order valence-electron chi connectivity index (χ4n) is 4.96. The van der Waals surface area contributed by atoms with Crippen LogP contribution in [0.2, 0.25) is 0 Å². The molecule has 0 amide bonds. The number of rotatable bonds is 4. The van der Waals surface area contributed by atoms with Gasteiger partial charge in [0, 0.05) is 45.1 Å². The second-order valence-electron chi connectivity index (χ2n) is 8.82. The number of pyridine rings is 2. The van der Waals surface area contributed by atoms with E-state index in [-0.39, 0.29) is 0 Å². The third-order valence-corrected chi connectivity index (χ3v) is 6.69. The van der Waals surface area contributed by atoms with Gasteiger partial charge in [-0.3, -0.25) is 14.3 Å². The summed E-state index contributed by atoms with van der Waals surface area (Å²) in [5, 5.41) is 0. The maximum atomic E-state index is 4.99. The van der Waals surface area contributed by atoms with Crippen LogP contribution in [0.3, 0.4) is 0 Å². The Morgan fingerprint density at radius 2 is 1.87 bits per heavy atom. The van der Waals surface area contributed by atoms with E-state index in [4.69, 9.17) is 9.97 Å². The van der Waals surface area contributed by atoms with Gasteiger partial charge in [0.05, 0.1) is 17.4 Å². The number of nitrogens with zero attached hydrogens (tertiary/aromatic N) is 6. The molecule has 2 fully saturated rings. The van der Waals surface area contributed by atoms with Gasteiger partial charge in [0.15, 0.2) is 0 Å². The van der Waals surface area contributed by atoms with Crippen molar-refractivity contribution in [3.05, 3.63) is 59.7 Å². The Hall–Kier alpha value is -2.44. The molecule has 158 valence electrons. The minimum absolute atomic E-state index is 0.391. The molecule has 1 unspecified atom stereocenters. The van der Waals surface area contributed by atoms with Crippen LogP contribution in [0.1, 0.15) is 42.3 Å². The van der Waals surface area contributed by atoms with Crippen LogP contribution < -0.4 is 4.90 Å². The van der Waals surface area contributed by atoms with Crippen LogP contribution in [-0.2, 0) is 6.54 Å². The molecule has 0 saturated carbocycles. The van der Waals surface area contributed by atoms with Crippen LogP contribution in [0.5, 0.6) is 0 Å². The van der Waals surface area contributed by atoms with Crippen LogP contribution in [0.25, 0.3) is 5.65 Å². The molecule has 0 aliphatic carbocycles. The van der Waals surface area contributed by atoms with Gasteiger partial charge in [-0.15, -0.1) is 0 Å². The monoisotopic (exact) mass is 404 g/mol. The molecule has 6 nitrogen and oxygen atoms in total. The number of piperazine rings is 1. The van der Waals surface area contributed by atoms with E-state index >= 15 is 0 Å². The highest BCUT2D eigenvalue weighted by Gasteiger charge is 2.27. The van der Waals surface area contributed by atoms with E-state index in [2.05, 4.69) is 63.5 Å². The molecule has 0 bridgehead atoms. The molecule has 0 spiro atoms. The first-order valence-corrected chi connectivity index (χ1v) is 11.2. The lowest BCUT2D eigenvalue weighted by molar-refractivity contribution is 0.135. The number of hydrogen-bond donors (Lipinski definition) is 0. The number of likely N-dealkylation sites (N-methyl/N-ethyl adjacent to an activating group) is 1. The van der Waals surface area contributed by atoms with Gasteiger partial charge in [0.2, 0.25) is 0 Å². The molecule has 5 heterocycles. The fraction of sp³-hybridized carbons (Fsp3) is 0.500. The zero-order valence-corrected chi connectivity index (χ0v) is 18.2. The third kappa shape index (κ3) is 3.82. The van der Waals surface area contributed by atoms with Gasteiger partial charge in [0.1, 0.15) is 11.5 Å². The minimum atomic E-state index is 0.391. The van der Waals surface area contributed by atoms with E-state index in [1.165, 1.54) is 36.3 Å². The van der Waals surface area contributed by atoms with Gasteiger partial charge < -0.3 is 9.80 Å². The van der Waals surface area contributed by atoms with Crippen molar-refractivity contribution < 1.29 is 0 Å². The highest BCUT2D eigenvalue weighted by atomic mass is 15.3. The summed E-state index contributed by atoms with van der Waals surface area (Å²) in [6.07, 6.45) is 7.89. The first kappa shape index (κ1) is 19.5. The highest BCUT2D eigenvalue weighted by Crippen LogP contribution is 2.32. The first-order chi connectivity index (χ1) is 14.7. The van der Waals surface area contributed by atoms with Crippen LogP contribution >= 0.6 is 0 Å². The zero-order valence-electron chi connectivity index (χ0n) is 18.2. The number of hydrogen-bond acceptors (Lipinski definition) is 5. The van der Waals surface area contributed by atoms with Crippen molar-refractivity contribution in [1.82, 2.24) is 24.2 Å². The number of imidazole rings is 1. The fourth-order valence-corrected chi connectivity index (χ4v) is 4.96. The standard InChI is InChI=1S/C24H32N6/c1-19-7-6-11-25-24(19)21-8-3-4-12-29(21)17-20-18-30-22(26-20)9-5-10-23(30)28-15-13-27(2)14-16-28/h5-7,9-11,18,21H,3-4,8,12-17H2,1-2H3. The molecule has 3 aromatic rings. The number of anilines is 1. The normalized spacial score (nSPS) is 21.4. The van der Waals surface area contributed by atoms with Crippen LogP contribution in [0.15, 0.2) is 42.7 Å². The van der Waals surface area contributed by atoms with Crippen molar-refractivity contribution in [1.29, 1.82) is 0 Å². The van der Waals surface area contributed by atoms with Gasteiger partial charge in [0.25, 0.3) is 0 Å². The van der Waals surface area contributed by atoms with Gasteiger partial charge in [-0.2, -0.15) is 0 Å². The Labute approximate surface area is 179 Å². The molecule has 2 saturated heterocycles. The topological polar surface area (TPSA) is 39.9 Å². The molecule has 30 heavy (non-hydrogen) atoms. The lowest BCUT2D eigenvalue weighted by atomic mass is 9.96. The predicted molar refractivity (Wildman–Crippen MR) is 121 cm³/mol. The SMILES string of the molecule is Cc1cccnc1C1CCCCN1Cc1cn2c(N3CCN(C)CC3)cccc2n1. The largest absolute Gasteiger partial charge is 0.355 e. The second-order valence-corrected chi connectivity index (χ2v) is 8.82. The molecule has 6 heteroatoms. The number of aromatic nitrogens is 3. The Bertz CT molecular complexity index is 1000. The summed E-state index contributed by atoms with van der Waals surface area (Å²) in [7, 11) is 2.20. The van der Waals surface area contributed by atoms with Gasteiger partial charge in [-0.1, -0.05) is 18.6 Å². The van der Waals surface area contributed by atoms with Crippen molar-refractivity contribution in [2.75, 3.05) is 44.7 Å². The zero-order chi connectivity index (χ0) is 20.5. The summed E-state index contributed by atoms with van der Waals surface area (Å²) in [4.78, 5) is 17.2. The summed E-state index contributed by atoms with van der Waals surface area (Å²) in [5.74, 6) is 1.26. The molecule has 1 atom stereocenters. The van der Waals surface area contributed by atoms with Crippen molar-refractivity contribution in [2.24, 2.45) is 0 Å². The Morgan fingerprint density at radius 1 is 1.00 bits per heavy atom. The summed E-state index contributed by atoms with van der Waals surface area (Å²) in [6, 6.07) is 11.1. The molecule has 3 aromatic heterocycles. The summed E-state index contributed by atoms with van der Waals surface area (Å²) >= 11 is 0. The maximum absolute atomic E-state index is 4.99. The lowest BCUT2D eigenvalue weighted by Crippen LogP contribution is -2.45. The number of piperidine rings is 1. The number of fused-ring (bicyclic) bond motifs is 1. The van der Waals surface area contributed by atoms with Crippen molar-refractivity contribution in [2.45, 2.75) is 38.8 Å². The molecular formula is C24H32N6. The van der Waals surface area contributed by atoms with Crippen LogP contribution in [0.4, 0.5) is 5.82 Å². The Morgan fingerprint density at radius 3 is 2.70 bits per heavy atom. The molecule has 5 rings (SSSR count). The van der Waals surface area contributed by atoms with E-state index in [0.29, 0.717) is 6.04 Å². The summed E-state index contributed by atoms with van der Waals surface area (Å²) in [6.45, 7) is 8.52.